The number of methoxy groups -OCH3 is 1. The Hall–Kier alpha value is -1.13. The Labute approximate surface area is 102 Å². The highest BCUT2D eigenvalue weighted by atomic mass is 16.5. The molecule has 1 aromatic rings. The van der Waals surface area contributed by atoms with Gasteiger partial charge in [-0.2, -0.15) is 0 Å². The molecule has 0 spiro atoms. The van der Waals surface area contributed by atoms with Gasteiger partial charge in [0.05, 0.1) is 13.2 Å². The molecule has 17 heavy (non-hydrogen) atoms. The monoisotopic (exact) mass is 236 g/mol. The zero-order valence-electron chi connectivity index (χ0n) is 10.3. The molecule has 2 rings (SSSR count). The quantitative estimate of drug-likeness (QED) is 0.859. The van der Waals surface area contributed by atoms with E-state index < -0.39 is 0 Å². The van der Waals surface area contributed by atoms with Gasteiger partial charge >= 0.3 is 0 Å². The van der Waals surface area contributed by atoms with E-state index in [0.717, 1.165) is 37.5 Å². The Bertz CT molecular complexity index is 355. The van der Waals surface area contributed by atoms with E-state index in [1.807, 2.05) is 12.1 Å². The first-order valence-corrected chi connectivity index (χ1v) is 6.13. The first-order chi connectivity index (χ1) is 8.35. The van der Waals surface area contributed by atoms with Crippen LogP contribution >= 0.6 is 0 Å². The molecule has 1 aromatic heterocycles. The van der Waals surface area contributed by atoms with Gasteiger partial charge in [-0.25, -0.2) is 4.98 Å². The van der Waals surface area contributed by atoms with E-state index in [0.29, 0.717) is 5.92 Å². The van der Waals surface area contributed by atoms with Crippen LogP contribution in [0, 0.1) is 5.92 Å². The highest BCUT2D eigenvalue weighted by Crippen LogP contribution is 2.24. The van der Waals surface area contributed by atoms with Gasteiger partial charge in [0.2, 0.25) is 0 Å². The molecule has 1 saturated heterocycles. The van der Waals surface area contributed by atoms with Crippen LogP contribution in [0.1, 0.15) is 18.4 Å². The Morgan fingerprint density at radius 2 is 2.47 bits per heavy atom. The maximum absolute atomic E-state index is 9.33. The fourth-order valence-electron chi connectivity index (χ4n) is 2.47. The van der Waals surface area contributed by atoms with Crippen molar-refractivity contribution in [3.8, 4) is 0 Å². The number of aliphatic hydroxyl groups excluding tert-OH is 1. The number of rotatable bonds is 4. The second-order valence-electron chi connectivity index (χ2n) is 4.55. The number of aromatic nitrogens is 1. The molecular formula is C13H20N2O2. The van der Waals surface area contributed by atoms with Crippen LogP contribution in [0.2, 0.25) is 0 Å². The van der Waals surface area contributed by atoms with Gasteiger partial charge in [0, 0.05) is 32.0 Å². The van der Waals surface area contributed by atoms with E-state index in [2.05, 4.69) is 9.88 Å². The van der Waals surface area contributed by atoms with E-state index in [9.17, 15) is 5.11 Å². The second-order valence-corrected chi connectivity index (χ2v) is 4.55. The summed E-state index contributed by atoms with van der Waals surface area (Å²) in [6.07, 6.45) is 4.16. The largest absolute Gasteiger partial charge is 0.392 e. The Balaban J connectivity index is 2.10. The third kappa shape index (κ3) is 2.96. The second kappa shape index (κ2) is 5.98. The molecule has 1 atom stereocenters. The first-order valence-electron chi connectivity index (χ1n) is 6.13. The molecule has 0 radical (unpaired) electrons. The summed E-state index contributed by atoms with van der Waals surface area (Å²) in [5.41, 5.74) is 0.908. The summed E-state index contributed by atoms with van der Waals surface area (Å²) < 4.78 is 5.23. The summed E-state index contributed by atoms with van der Waals surface area (Å²) in [7, 11) is 1.75. The Kier molecular flexibility index (Phi) is 4.34. The topological polar surface area (TPSA) is 45.6 Å². The molecule has 1 fully saturated rings. The molecule has 0 saturated carbocycles. The average molecular weight is 236 g/mol. The third-order valence-electron chi connectivity index (χ3n) is 3.26. The van der Waals surface area contributed by atoms with Gasteiger partial charge in [-0.05, 0) is 24.8 Å². The molecule has 1 unspecified atom stereocenters. The predicted molar refractivity (Wildman–Crippen MR) is 67.0 cm³/mol. The molecule has 0 aromatic carbocycles. The van der Waals surface area contributed by atoms with Crippen molar-refractivity contribution in [1.82, 2.24) is 4.98 Å². The van der Waals surface area contributed by atoms with E-state index >= 15 is 0 Å². The van der Waals surface area contributed by atoms with Crippen molar-refractivity contribution in [2.45, 2.75) is 19.4 Å². The number of hydrogen-bond donors (Lipinski definition) is 1. The molecule has 2 heterocycles. The fourth-order valence-corrected chi connectivity index (χ4v) is 2.47. The predicted octanol–water partition coefficient (Wildman–Crippen LogP) is 1.44. The molecule has 1 aliphatic heterocycles. The lowest BCUT2D eigenvalue weighted by molar-refractivity contribution is 0.143. The van der Waals surface area contributed by atoms with Gasteiger partial charge < -0.3 is 14.7 Å². The fraction of sp³-hybridized carbons (Fsp3) is 0.615. The normalized spacial score (nSPS) is 20.6. The first kappa shape index (κ1) is 12.3. The standard InChI is InChI=1S/C13H20N2O2/c1-17-10-11-4-3-7-15(8-11)13-12(9-16)5-2-6-14-13/h2,5-6,11,16H,3-4,7-10H2,1H3. The van der Waals surface area contributed by atoms with Crippen LogP contribution in [0.4, 0.5) is 5.82 Å². The van der Waals surface area contributed by atoms with Crippen molar-refractivity contribution in [2.24, 2.45) is 5.92 Å². The molecule has 4 heteroatoms. The minimum atomic E-state index is 0.0502. The van der Waals surface area contributed by atoms with Crippen LogP contribution in [0.15, 0.2) is 18.3 Å². The van der Waals surface area contributed by atoms with Crippen molar-refractivity contribution in [2.75, 3.05) is 31.7 Å². The number of piperidine rings is 1. The minimum Gasteiger partial charge on any atom is -0.392 e. The van der Waals surface area contributed by atoms with Crippen molar-refractivity contribution in [1.29, 1.82) is 0 Å². The molecule has 0 aliphatic carbocycles. The zero-order chi connectivity index (χ0) is 12.1. The van der Waals surface area contributed by atoms with Crippen molar-refractivity contribution in [3.05, 3.63) is 23.9 Å². The number of anilines is 1. The summed E-state index contributed by atoms with van der Waals surface area (Å²) in [4.78, 5) is 6.66. The lowest BCUT2D eigenvalue weighted by atomic mass is 9.98. The highest BCUT2D eigenvalue weighted by molar-refractivity contribution is 5.46. The van der Waals surface area contributed by atoms with Gasteiger partial charge in [-0.3, -0.25) is 0 Å². The van der Waals surface area contributed by atoms with Gasteiger partial charge in [-0.15, -0.1) is 0 Å². The van der Waals surface area contributed by atoms with Crippen LogP contribution in [0.3, 0.4) is 0 Å². The summed E-state index contributed by atoms with van der Waals surface area (Å²) in [6, 6.07) is 3.80. The van der Waals surface area contributed by atoms with Gasteiger partial charge in [0.1, 0.15) is 5.82 Å². The molecule has 1 aliphatic rings. The lowest BCUT2D eigenvalue weighted by Crippen LogP contribution is -2.38. The van der Waals surface area contributed by atoms with E-state index in [4.69, 9.17) is 4.74 Å². The molecule has 0 bridgehead atoms. The minimum absolute atomic E-state index is 0.0502. The Morgan fingerprint density at radius 1 is 1.59 bits per heavy atom. The van der Waals surface area contributed by atoms with Gasteiger partial charge in [-0.1, -0.05) is 6.07 Å². The van der Waals surface area contributed by atoms with Crippen molar-refractivity contribution in [3.63, 3.8) is 0 Å². The Morgan fingerprint density at radius 3 is 3.24 bits per heavy atom. The van der Waals surface area contributed by atoms with Crippen LogP contribution in [-0.2, 0) is 11.3 Å². The van der Waals surface area contributed by atoms with Crippen LogP contribution < -0.4 is 4.90 Å². The number of ether oxygens (including phenoxy) is 1. The van der Waals surface area contributed by atoms with Crippen molar-refractivity contribution < 1.29 is 9.84 Å². The van der Waals surface area contributed by atoms with Gasteiger partial charge in [0.25, 0.3) is 0 Å². The number of aliphatic hydroxyl groups is 1. The van der Waals surface area contributed by atoms with E-state index in [1.54, 1.807) is 13.3 Å². The molecule has 94 valence electrons. The number of hydrogen-bond acceptors (Lipinski definition) is 4. The zero-order valence-corrected chi connectivity index (χ0v) is 10.3. The maximum Gasteiger partial charge on any atom is 0.134 e. The molecule has 1 N–H and O–H groups in total. The number of pyridine rings is 1. The molecular weight excluding hydrogens is 216 g/mol. The van der Waals surface area contributed by atoms with Crippen LogP contribution in [0.5, 0.6) is 0 Å². The summed E-state index contributed by atoms with van der Waals surface area (Å²) in [5, 5.41) is 9.33. The molecule has 0 amide bonds. The van der Waals surface area contributed by atoms with Crippen LogP contribution in [-0.4, -0.2) is 36.9 Å². The smallest absolute Gasteiger partial charge is 0.134 e. The van der Waals surface area contributed by atoms with Crippen molar-refractivity contribution >= 4 is 5.82 Å². The SMILES string of the molecule is COCC1CCCN(c2ncccc2CO)C1. The summed E-state index contributed by atoms with van der Waals surface area (Å²) in [6.45, 7) is 2.84. The van der Waals surface area contributed by atoms with E-state index in [1.165, 1.54) is 6.42 Å². The summed E-state index contributed by atoms with van der Waals surface area (Å²) in [5.74, 6) is 1.50. The lowest BCUT2D eigenvalue weighted by Gasteiger charge is -2.34. The third-order valence-corrected chi connectivity index (χ3v) is 3.26. The summed E-state index contributed by atoms with van der Waals surface area (Å²) >= 11 is 0. The van der Waals surface area contributed by atoms with E-state index in [-0.39, 0.29) is 6.61 Å². The molecule has 4 nitrogen and oxygen atoms in total. The highest BCUT2D eigenvalue weighted by Gasteiger charge is 2.22. The van der Waals surface area contributed by atoms with Crippen LogP contribution in [0.25, 0.3) is 0 Å². The van der Waals surface area contributed by atoms with Gasteiger partial charge in [0.15, 0.2) is 0 Å². The number of nitrogens with zero attached hydrogens (tertiary/aromatic N) is 2. The average Bonchev–Trinajstić information content (AvgIpc) is 2.39. The maximum atomic E-state index is 9.33.